The third-order valence-corrected chi connectivity index (χ3v) is 4.56. The predicted molar refractivity (Wildman–Crippen MR) is 96.4 cm³/mol. The number of H-pyrrole nitrogens is 1. The van der Waals surface area contributed by atoms with Crippen molar-refractivity contribution < 1.29 is 9.53 Å². The number of rotatable bonds is 7. The van der Waals surface area contributed by atoms with Crippen LogP contribution >= 0.6 is 0 Å². The molecule has 0 bridgehead atoms. The summed E-state index contributed by atoms with van der Waals surface area (Å²) in [7, 11) is 1.74. The summed E-state index contributed by atoms with van der Waals surface area (Å²) in [6, 6.07) is 7.71. The lowest BCUT2D eigenvalue weighted by Gasteiger charge is -2.16. The maximum atomic E-state index is 12.1. The van der Waals surface area contributed by atoms with Gasteiger partial charge in [0.15, 0.2) is 0 Å². The normalized spacial score (nSPS) is 18.1. The van der Waals surface area contributed by atoms with Crippen molar-refractivity contribution in [2.75, 3.05) is 45.2 Å². The summed E-state index contributed by atoms with van der Waals surface area (Å²) in [6.07, 6.45) is 4.11. The van der Waals surface area contributed by atoms with Gasteiger partial charge in [-0.25, -0.2) is 4.79 Å². The summed E-state index contributed by atoms with van der Waals surface area (Å²) in [5, 5.41) is 6.99. The Balaban J connectivity index is 1.39. The number of benzene rings is 1. The van der Waals surface area contributed by atoms with Crippen LogP contribution in [-0.2, 0) is 4.74 Å². The molecule has 1 aliphatic heterocycles. The number of amides is 2. The highest BCUT2D eigenvalue weighted by Crippen LogP contribution is 2.18. The number of hydrogen-bond acceptors (Lipinski definition) is 3. The first-order chi connectivity index (χ1) is 11.7. The number of aromatic nitrogens is 1. The Labute approximate surface area is 142 Å². The first kappa shape index (κ1) is 16.8. The lowest BCUT2D eigenvalue weighted by molar-refractivity contribution is 0.178. The number of likely N-dealkylation sites (tertiary alicyclic amines) is 1. The largest absolute Gasteiger partial charge is 0.385 e. The summed E-state index contributed by atoms with van der Waals surface area (Å²) in [4.78, 5) is 17.7. The van der Waals surface area contributed by atoms with E-state index in [-0.39, 0.29) is 6.03 Å². The van der Waals surface area contributed by atoms with Crippen LogP contribution in [0.1, 0.15) is 12.8 Å². The van der Waals surface area contributed by atoms with Crippen molar-refractivity contribution in [2.45, 2.75) is 12.8 Å². The van der Waals surface area contributed by atoms with Gasteiger partial charge in [0.05, 0.1) is 0 Å². The van der Waals surface area contributed by atoms with E-state index in [4.69, 9.17) is 4.74 Å². The molecular formula is C18H26N4O2. The third-order valence-electron chi connectivity index (χ3n) is 4.56. The van der Waals surface area contributed by atoms with Crippen LogP contribution in [0.15, 0.2) is 30.5 Å². The van der Waals surface area contributed by atoms with E-state index in [0.717, 1.165) is 62.2 Å². The molecule has 0 radical (unpaired) electrons. The van der Waals surface area contributed by atoms with E-state index in [1.807, 2.05) is 30.5 Å². The van der Waals surface area contributed by atoms with Gasteiger partial charge in [-0.3, -0.25) is 0 Å². The molecular weight excluding hydrogens is 304 g/mol. The molecule has 6 heteroatoms. The number of nitrogens with one attached hydrogen (secondary N) is 3. The van der Waals surface area contributed by atoms with Crippen molar-refractivity contribution in [2.24, 2.45) is 5.92 Å². The highest BCUT2D eigenvalue weighted by molar-refractivity contribution is 5.92. The van der Waals surface area contributed by atoms with E-state index < -0.39 is 0 Å². The Hall–Kier alpha value is -2.05. The fourth-order valence-electron chi connectivity index (χ4n) is 3.26. The molecule has 6 nitrogen and oxygen atoms in total. The molecule has 1 saturated heterocycles. The van der Waals surface area contributed by atoms with E-state index in [0.29, 0.717) is 5.92 Å². The average molecular weight is 330 g/mol. The Morgan fingerprint density at radius 1 is 1.42 bits per heavy atom. The highest BCUT2D eigenvalue weighted by Gasteiger charge is 2.22. The SMILES string of the molecule is COCCCN1CC[C@H](CNC(=O)Nc2ccc3[nH]ccc3c2)C1. The fourth-order valence-corrected chi connectivity index (χ4v) is 3.26. The zero-order chi connectivity index (χ0) is 16.8. The van der Waals surface area contributed by atoms with Crippen LogP contribution in [0.5, 0.6) is 0 Å². The molecule has 1 aliphatic rings. The minimum Gasteiger partial charge on any atom is -0.385 e. The van der Waals surface area contributed by atoms with Crippen molar-refractivity contribution in [1.82, 2.24) is 15.2 Å². The monoisotopic (exact) mass is 330 g/mol. The molecule has 2 aromatic rings. The lowest BCUT2D eigenvalue weighted by atomic mass is 10.1. The second kappa shape index (κ2) is 8.17. The summed E-state index contributed by atoms with van der Waals surface area (Å²) in [6.45, 7) is 4.78. The van der Waals surface area contributed by atoms with Crippen molar-refractivity contribution in [3.8, 4) is 0 Å². The van der Waals surface area contributed by atoms with Gasteiger partial charge in [-0.2, -0.15) is 0 Å². The molecule has 130 valence electrons. The van der Waals surface area contributed by atoms with E-state index in [2.05, 4.69) is 20.5 Å². The maximum Gasteiger partial charge on any atom is 0.319 e. The number of aromatic amines is 1. The smallest absolute Gasteiger partial charge is 0.319 e. The Morgan fingerprint density at radius 2 is 2.33 bits per heavy atom. The Morgan fingerprint density at radius 3 is 3.21 bits per heavy atom. The Bertz CT molecular complexity index is 670. The number of hydrogen-bond donors (Lipinski definition) is 3. The molecule has 0 unspecified atom stereocenters. The zero-order valence-corrected chi connectivity index (χ0v) is 14.2. The van der Waals surface area contributed by atoms with Crippen LogP contribution in [-0.4, -0.2) is 55.8 Å². The first-order valence-electron chi connectivity index (χ1n) is 8.58. The fraction of sp³-hybridized carbons (Fsp3) is 0.500. The van der Waals surface area contributed by atoms with Gasteiger partial charge in [0.2, 0.25) is 0 Å². The highest BCUT2D eigenvalue weighted by atomic mass is 16.5. The summed E-state index contributed by atoms with van der Waals surface area (Å²) in [5.74, 6) is 0.533. The molecule has 0 saturated carbocycles. The Kier molecular flexibility index (Phi) is 5.72. The van der Waals surface area contributed by atoms with E-state index >= 15 is 0 Å². The van der Waals surface area contributed by atoms with E-state index in [9.17, 15) is 4.79 Å². The molecule has 0 aliphatic carbocycles. The van der Waals surface area contributed by atoms with Crippen LogP contribution < -0.4 is 10.6 Å². The molecule has 1 atom stereocenters. The molecule has 0 spiro atoms. The standard InChI is InChI=1S/C18H26N4O2/c1-24-10-2-8-22-9-6-14(13-22)12-20-18(23)21-16-3-4-17-15(11-16)5-7-19-17/h3-5,7,11,14,19H,2,6,8-10,12-13H2,1H3,(H2,20,21,23)/t14-/m1/s1. The number of ether oxygens (including phenoxy) is 1. The maximum absolute atomic E-state index is 12.1. The molecule has 2 amide bonds. The summed E-state index contributed by atoms with van der Waals surface area (Å²) >= 11 is 0. The molecule has 1 aromatic carbocycles. The number of carbonyl (C=O) groups excluding carboxylic acids is 1. The van der Waals surface area contributed by atoms with E-state index in [1.54, 1.807) is 7.11 Å². The number of urea groups is 1. The van der Waals surface area contributed by atoms with Gasteiger partial charge in [0.1, 0.15) is 0 Å². The number of nitrogens with zero attached hydrogens (tertiary/aromatic N) is 1. The van der Waals surface area contributed by atoms with Gasteiger partial charge in [-0.1, -0.05) is 0 Å². The summed E-state index contributed by atoms with van der Waals surface area (Å²) in [5.41, 5.74) is 1.88. The van der Waals surface area contributed by atoms with Crippen molar-refractivity contribution in [3.05, 3.63) is 30.5 Å². The van der Waals surface area contributed by atoms with Crippen molar-refractivity contribution in [3.63, 3.8) is 0 Å². The van der Waals surface area contributed by atoms with Crippen LogP contribution in [0.2, 0.25) is 0 Å². The van der Waals surface area contributed by atoms with Crippen molar-refractivity contribution in [1.29, 1.82) is 0 Å². The average Bonchev–Trinajstić information content (AvgIpc) is 3.22. The van der Waals surface area contributed by atoms with E-state index in [1.165, 1.54) is 0 Å². The predicted octanol–water partition coefficient (Wildman–Crippen LogP) is 2.65. The number of carbonyl (C=O) groups is 1. The van der Waals surface area contributed by atoms with Gasteiger partial charge in [-0.05, 0) is 49.6 Å². The number of methoxy groups -OCH3 is 1. The molecule has 24 heavy (non-hydrogen) atoms. The molecule has 2 heterocycles. The number of fused-ring (bicyclic) bond motifs is 1. The first-order valence-corrected chi connectivity index (χ1v) is 8.58. The second-order valence-electron chi connectivity index (χ2n) is 6.42. The van der Waals surface area contributed by atoms with Crippen LogP contribution in [0.3, 0.4) is 0 Å². The zero-order valence-electron chi connectivity index (χ0n) is 14.2. The van der Waals surface area contributed by atoms with Crippen LogP contribution in [0.4, 0.5) is 10.5 Å². The van der Waals surface area contributed by atoms with Gasteiger partial charge in [-0.15, -0.1) is 0 Å². The molecule has 1 fully saturated rings. The minimum atomic E-state index is -0.136. The summed E-state index contributed by atoms with van der Waals surface area (Å²) < 4.78 is 5.09. The molecule has 3 N–H and O–H groups in total. The van der Waals surface area contributed by atoms with Crippen LogP contribution in [0, 0.1) is 5.92 Å². The number of anilines is 1. The molecule has 1 aromatic heterocycles. The van der Waals surface area contributed by atoms with Crippen LogP contribution in [0.25, 0.3) is 10.9 Å². The van der Waals surface area contributed by atoms with Gasteiger partial charge in [0.25, 0.3) is 0 Å². The lowest BCUT2D eigenvalue weighted by Crippen LogP contribution is -2.34. The molecule has 3 rings (SSSR count). The minimum absolute atomic E-state index is 0.136. The quantitative estimate of drug-likeness (QED) is 0.684. The third kappa shape index (κ3) is 4.49. The van der Waals surface area contributed by atoms with Gasteiger partial charge >= 0.3 is 6.03 Å². The second-order valence-corrected chi connectivity index (χ2v) is 6.42. The van der Waals surface area contributed by atoms with Crippen molar-refractivity contribution >= 4 is 22.6 Å². The van der Waals surface area contributed by atoms with Gasteiger partial charge in [0, 0.05) is 56.1 Å². The topological polar surface area (TPSA) is 69.4 Å². The van der Waals surface area contributed by atoms with Gasteiger partial charge < -0.3 is 25.3 Å².